The largest absolute Gasteiger partial charge is 2.00 e. The van der Waals surface area contributed by atoms with Crippen LogP contribution >= 0.6 is 32.1 Å². The number of benzene rings is 1. The van der Waals surface area contributed by atoms with Gasteiger partial charge in [0, 0.05) is 34.6 Å². The van der Waals surface area contributed by atoms with E-state index in [1.807, 2.05) is 28.8 Å². The molecule has 1 aliphatic carbocycles. The fourth-order valence-corrected chi connectivity index (χ4v) is 7.37. The zero-order chi connectivity index (χ0) is 22.1. The SMILES string of the molecule is CC1=NC=Ic2c1ccn2C1C[CH-]C(O)C1O.[U+2].[c-]1cc(-c2cscn2)cc2c1CNCC2. The van der Waals surface area contributed by atoms with E-state index < -0.39 is 12.2 Å². The van der Waals surface area contributed by atoms with E-state index in [2.05, 4.69) is 43.4 Å². The molecule has 3 atom stereocenters. The minimum Gasteiger partial charge on any atom is -0.422 e. The zero-order valence-electron chi connectivity index (χ0n) is 18.2. The second kappa shape index (κ2) is 11.4. The van der Waals surface area contributed by atoms with Crippen LogP contribution < -0.4 is 5.32 Å². The van der Waals surface area contributed by atoms with Crippen LogP contribution in [0.3, 0.4) is 0 Å². The Hall–Kier alpha value is -0.668. The number of nitrogens with zero attached hydrogens (tertiary/aromatic N) is 3. The van der Waals surface area contributed by atoms with Gasteiger partial charge in [-0.25, -0.2) is 0 Å². The zero-order valence-corrected chi connectivity index (χ0v) is 25.3. The summed E-state index contributed by atoms with van der Waals surface area (Å²) in [4.78, 5) is 8.67. The fraction of sp³-hybridized carbons (Fsp3) is 0.333. The molecule has 0 saturated heterocycles. The predicted octanol–water partition coefficient (Wildman–Crippen LogP) is 3.34. The van der Waals surface area contributed by atoms with Crippen LogP contribution in [0.1, 0.15) is 36.1 Å². The number of rotatable bonds is 2. The second-order valence-corrected chi connectivity index (χ2v) is 11.0. The smallest absolute Gasteiger partial charge is 0.422 e. The van der Waals surface area contributed by atoms with E-state index in [0.29, 0.717) is 0 Å². The number of thiazole rings is 1. The number of aliphatic hydroxyl groups is 2. The average Bonchev–Trinajstić information content (AvgIpc) is 3.56. The maximum atomic E-state index is 9.97. The summed E-state index contributed by atoms with van der Waals surface area (Å²) < 4.78 is 5.44. The van der Waals surface area contributed by atoms with Gasteiger partial charge in [-0.15, -0.1) is 28.0 Å². The van der Waals surface area contributed by atoms with E-state index in [1.54, 1.807) is 17.8 Å². The third-order valence-corrected chi connectivity index (χ3v) is 8.95. The van der Waals surface area contributed by atoms with Gasteiger partial charge in [0.15, 0.2) is 0 Å². The number of aromatic nitrogens is 2. The van der Waals surface area contributed by atoms with Crippen molar-refractivity contribution in [3.05, 3.63) is 68.2 Å². The van der Waals surface area contributed by atoms with E-state index in [4.69, 9.17) is 0 Å². The molecule has 6 nitrogen and oxygen atoms in total. The van der Waals surface area contributed by atoms with Crippen LogP contribution in [-0.2, 0) is 13.0 Å². The molecule has 0 spiro atoms. The number of nitrogens with one attached hydrogen (secondary N) is 1. The molecule has 1 saturated carbocycles. The van der Waals surface area contributed by atoms with Crippen LogP contribution in [0.2, 0.25) is 0 Å². The molecule has 3 aliphatic rings. The Bertz CT molecular complexity index is 1160. The van der Waals surface area contributed by atoms with Crippen molar-refractivity contribution in [2.75, 3.05) is 6.54 Å². The Morgan fingerprint density at radius 3 is 3.00 bits per heavy atom. The standard InChI is InChI=1S/C12H14IN2O2.C12H11N2S.U/c1-7-8-4-5-15(12(8)13-6-14-7)9-2-3-10(16)11(9)17;1-2-11-6-13-4-3-9(11)5-10(1)12-7-15-8-14-12;/h3-6,9-11,16-17H,2H2,1H3;1,5,7-8,13H,3-4,6H2;/q2*-1;+2. The number of hydrogen-bond donors (Lipinski definition) is 3. The van der Waals surface area contributed by atoms with Crippen molar-refractivity contribution in [2.45, 2.75) is 44.6 Å². The van der Waals surface area contributed by atoms with Gasteiger partial charge in [-0.3, -0.25) is 16.4 Å². The molecule has 4 heterocycles. The molecule has 0 radical (unpaired) electrons. The molecule has 1 fully saturated rings. The van der Waals surface area contributed by atoms with Crippen LogP contribution in [0.25, 0.3) is 11.3 Å². The quantitative estimate of drug-likeness (QED) is 0.275. The van der Waals surface area contributed by atoms with Crippen LogP contribution in [-0.4, -0.2) is 48.4 Å². The maximum Gasteiger partial charge on any atom is 2.00 e. The first-order valence-corrected chi connectivity index (χ1v) is 13.9. The first-order chi connectivity index (χ1) is 15.6. The van der Waals surface area contributed by atoms with E-state index in [0.717, 1.165) is 37.3 Å². The maximum absolute atomic E-state index is 9.97. The van der Waals surface area contributed by atoms with Gasteiger partial charge in [0.1, 0.15) is 0 Å². The number of aliphatic hydroxyl groups excluding tert-OH is 2. The molecule has 2 aromatic heterocycles. The van der Waals surface area contributed by atoms with Gasteiger partial charge in [0.25, 0.3) is 0 Å². The molecule has 6 rings (SSSR count). The summed E-state index contributed by atoms with van der Waals surface area (Å²) in [5, 5.41) is 25.0. The third kappa shape index (κ3) is 5.45. The van der Waals surface area contributed by atoms with Crippen molar-refractivity contribution >= 4 is 41.9 Å². The molecule has 9 heteroatoms. The summed E-state index contributed by atoms with van der Waals surface area (Å²) in [5.41, 5.74) is 9.10. The van der Waals surface area contributed by atoms with Gasteiger partial charge in [0.05, 0.1) is 19.5 Å². The topological polar surface area (TPSA) is 82.7 Å². The Morgan fingerprint density at radius 2 is 2.24 bits per heavy atom. The summed E-state index contributed by atoms with van der Waals surface area (Å²) in [6.45, 7) is 4.03. The van der Waals surface area contributed by atoms with E-state index in [9.17, 15) is 10.2 Å². The van der Waals surface area contributed by atoms with Gasteiger partial charge in [0.2, 0.25) is 0 Å². The van der Waals surface area contributed by atoms with Gasteiger partial charge in [-0.1, -0.05) is 6.42 Å². The van der Waals surface area contributed by atoms with Gasteiger partial charge >= 0.3 is 31.1 Å². The fourth-order valence-electron chi connectivity index (χ4n) is 4.25. The van der Waals surface area contributed by atoms with Crippen LogP contribution in [0.4, 0.5) is 0 Å². The molecule has 3 unspecified atom stereocenters. The van der Waals surface area contributed by atoms with E-state index >= 15 is 0 Å². The molecule has 2 aliphatic heterocycles. The molecule has 33 heavy (non-hydrogen) atoms. The van der Waals surface area contributed by atoms with Crippen molar-refractivity contribution in [3.63, 3.8) is 0 Å². The Labute approximate surface area is 231 Å². The Morgan fingerprint density at radius 1 is 1.36 bits per heavy atom. The number of fused-ring (bicyclic) bond motifs is 2. The summed E-state index contributed by atoms with van der Waals surface area (Å²) in [5.74, 6) is 0. The van der Waals surface area contributed by atoms with Crippen LogP contribution in [0.15, 0.2) is 40.3 Å². The molecular formula is C24H25IN4O2SU. The van der Waals surface area contributed by atoms with Crippen molar-refractivity contribution in [2.24, 2.45) is 4.99 Å². The molecular weight excluding hydrogens is 773 g/mol. The molecule has 3 N–H and O–H groups in total. The number of halogens is 1. The summed E-state index contributed by atoms with van der Waals surface area (Å²) in [6.07, 6.45) is 4.25. The van der Waals surface area contributed by atoms with Crippen molar-refractivity contribution < 1.29 is 41.3 Å². The average molecular weight is 798 g/mol. The summed E-state index contributed by atoms with van der Waals surface area (Å²) >= 11 is 1.41. The molecule has 1 aromatic carbocycles. The van der Waals surface area contributed by atoms with Crippen molar-refractivity contribution in [1.29, 1.82) is 0 Å². The third-order valence-electron chi connectivity index (χ3n) is 6.08. The van der Waals surface area contributed by atoms with Gasteiger partial charge in [-0.05, 0) is 52.9 Å². The van der Waals surface area contributed by atoms with Crippen molar-refractivity contribution in [1.82, 2.24) is 14.9 Å². The van der Waals surface area contributed by atoms with E-state index in [-0.39, 0.29) is 57.9 Å². The first kappa shape index (κ1) is 25.4. The second-order valence-electron chi connectivity index (χ2n) is 8.06. The van der Waals surface area contributed by atoms with Crippen LogP contribution in [0.5, 0.6) is 0 Å². The molecule has 0 amide bonds. The van der Waals surface area contributed by atoms with Crippen LogP contribution in [0, 0.1) is 47.3 Å². The Balaban J connectivity index is 0.000000153. The van der Waals surface area contributed by atoms with Gasteiger partial charge < -0.3 is 20.1 Å². The molecule has 0 bridgehead atoms. The minimum atomic E-state index is -0.696. The normalized spacial score (nSPS) is 23.2. The molecule has 3 aromatic rings. The van der Waals surface area contributed by atoms with Crippen molar-refractivity contribution in [3.8, 4) is 11.3 Å². The molecule has 170 valence electrons. The summed E-state index contributed by atoms with van der Waals surface area (Å²) in [6, 6.07) is 9.69. The first-order valence-electron chi connectivity index (χ1n) is 10.6. The number of hydrogen-bond acceptors (Lipinski definition) is 6. The monoisotopic (exact) mass is 798 g/mol. The Kier molecular flexibility index (Phi) is 8.77. The number of aliphatic imine (C=N–C) groups is 1. The predicted molar refractivity (Wildman–Crippen MR) is 137 cm³/mol. The minimum absolute atomic E-state index is 0. The van der Waals surface area contributed by atoms with Gasteiger partial charge in [-0.2, -0.15) is 24.6 Å². The summed E-state index contributed by atoms with van der Waals surface area (Å²) in [7, 11) is 0. The van der Waals surface area contributed by atoms with E-state index in [1.165, 1.54) is 26.0 Å².